The Morgan fingerprint density at radius 1 is 0.500 bits per heavy atom. The van der Waals surface area contributed by atoms with E-state index in [2.05, 4.69) is 0 Å². The number of halogens is 5. The van der Waals surface area contributed by atoms with Crippen molar-refractivity contribution in [1.82, 2.24) is 0 Å². The molecule has 0 radical (unpaired) electrons. The normalized spacial score (nSPS) is 0. The summed E-state index contributed by atoms with van der Waals surface area (Å²) in [5.74, 6) is 0. The zero-order valence-corrected chi connectivity index (χ0v) is 7.19. The maximum absolute atomic E-state index is 0. The van der Waals surface area contributed by atoms with Gasteiger partial charge in [0.25, 0.3) is 0 Å². The van der Waals surface area contributed by atoms with Crippen molar-refractivity contribution in [2.75, 3.05) is 0 Å². The second-order valence-electron chi connectivity index (χ2n) is 0. The molecule has 0 aromatic rings. The van der Waals surface area contributed by atoms with E-state index in [0.29, 0.717) is 0 Å². The standard InChI is InChI=1S/Ba.5FH.2H/h;5*1H;;/q+2;;;;;;2*-1. The quantitative estimate of drug-likeness (QED) is 0.429. The third kappa shape index (κ3) is 62.4. The van der Waals surface area contributed by atoms with Gasteiger partial charge in [-0.1, -0.05) is 0 Å². The summed E-state index contributed by atoms with van der Waals surface area (Å²) in [7, 11) is 0. The average molecular weight is 239 g/mol. The predicted octanol–water partition coefficient (Wildman–Crippen LogP) is 0.607. The molecule has 0 N–H and O–H groups in total. The number of hydrogen-bond donors (Lipinski definition) is 0. The Morgan fingerprint density at radius 3 is 0.500 bits per heavy atom. The summed E-state index contributed by atoms with van der Waals surface area (Å²) < 4.78 is 0. The Morgan fingerprint density at radius 2 is 0.500 bits per heavy atom. The van der Waals surface area contributed by atoms with E-state index < -0.39 is 0 Å². The summed E-state index contributed by atoms with van der Waals surface area (Å²) in [6.07, 6.45) is 0. The molecule has 0 unspecified atom stereocenters. The van der Waals surface area contributed by atoms with Gasteiger partial charge in [0, 0.05) is 0 Å². The molecule has 0 fully saturated rings. The molecule has 0 saturated carbocycles. The molecule has 0 nitrogen and oxygen atoms in total. The van der Waals surface area contributed by atoms with E-state index >= 15 is 0 Å². The molecular weight excluding hydrogens is 232 g/mol. The summed E-state index contributed by atoms with van der Waals surface area (Å²) in [6, 6.07) is 0. The third-order valence-electron chi connectivity index (χ3n) is 0. The van der Waals surface area contributed by atoms with E-state index in [9.17, 15) is 0 Å². The first kappa shape index (κ1) is 187. The van der Waals surface area contributed by atoms with Crippen molar-refractivity contribution in [1.29, 1.82) is 0 Å². The number of hydrogen-bond acceptors (Lipinski definition) is 0. The van der Waals surface area contributed by atoms with Crippen molar-refractivity contribution in [3.8, 4) is 0 Å². The molecule has 0 amide bonds. The van der Waals surface area contributed by atoms with Gasteiger partial charge < -0.3 is 2.85 Å². The van der Waals surface area contributed by atoms with E-state index in [1.54, 1.807) is 0 Å². The van der Waals surface area contributed by atoms with Crippen LogP contribution in [-0.2, 0) is 0 Å². The maximum Gasteiger partial charge on any atom is 2.00 e. The van der Waals surface area contributed by atoms with Crippen LogP contribution in [-0.4, -0.2) is 48.9 Å². The molecule has 0 spiro atoms. The second kappa shape index (κ2) is 114. The second-order valence-corrected chi connectivity index (χ2v) is 0. The monoisotopic (exact) mass is 240 g/mol. The van der Waals surface area contributed by atoms with Crippen molar-refractivity contribution in [2.24, 2.45) is 0 Å². The van der Waals surface area contributed by atoms with Gasteiger partial charge in [-0.05, 0) is 0 Å². The van der Waals surface area contributed by atoms with Crippen LogP contribution < -0.4 is 0 Å². The molecule has 0 bridgehead atoms. The van der Waals surface area contributed by atoms with Gasteiger partial charge >= 0.3 is 48.9 Å². The van der Waals surface area contributed by atoms with Crippen LogP contribution in [0.5, 0.6) is 0 Å². The Bertz CT molecular complexity index is 10.4. The molecule has 0 aromatic carbocycles. The number of rotatable bonds is 0. The largest absolute Gasteiger partial charge is 2.00 e. The molecule has 0 rings (SSSR count). The summed E-state index contributed by atoms with van der Waals surface area (Å²) in [6.45, 7) is 0. The van der Waals surface area contributed by atoms with Crippen LogP contribution >= 0.6 is 0 Å². The molecule has 6 heavy (non-hydrogen) atoms. The van der Waals surface area contributed by atoms with Crippen molar-refractivity contribution in [2.45, 2.75) is 0 Å². The summed E-state index contributed by atoms with van der Waals surface area (Å²) in [5, 5.41) is 0. The van der Waals surface area contributed by atoms with E-state index in [-0.39, 0.29) is 75.3 Å². The fraction of sp³-hybridized carbons (Fsp3) is 0. The van der Waals surface area contributed by atoms with Gasteiger partial charge in [0.1, 0.15) is 0 Å². The van der Waals surface area contributed by atoms with Gasteiger partial charge in [-0.25, -0.2) is 0 Å². The first-order chi connectivity index (χ1) is 0. The predicted molar refractivity (Wildman–Crippen MR) is 20.5 cm³/mol. The zero-order chi connectivity index (χ0) is 0. The smallest absolute Gasteiger partial charge is 1.00 e. The minimum absolute atomic E-state index is 0. The van der Waals surface area contributed by atoms with E-state index in [0.717, 1.165) is 0 Å². The molecule has 6 heteroatoms. The summed E-state index contributed by atoms with van der Waals surface area (Å²) in [4.78, 5) is 0. The van der Waals surface area contributed by atoms with Gasteiger partial charge in [0.05, 0.1) is 0 Å². The molecule has 0 heterocycles. The zero-order valence-electron chi connectivity index (χ0n) is 4.75. The molecule has 0 saturated heterocycles. The SMILES string of the molecule is F.F.F.F.F.[Ba+2].[H-].[H-]. The minimum Gasteiger partial charge on any atom is -1.00 e. The summed E-state index contributed by atoms with van der Waals surface area (Å²) >= 11 is 0. The van der Waals surface area contributed by atoms with Crippen LogP contribution in [0.15, 0.2) is 0 Å². The molecule has 0 aliphatic carbocycles. The Kier molecular flexibility index (Phi) is 3550. The summed E-state index contributed by atoms with van der Waals surface area (Å²) in [5.41, 5.74) is 0. The van der Waals surface area contributed by atoms with Crippen LogP contribution in [0.2, 0.25) is 0 Å². The van der Waals surface area contributed by atoms with Crippen molar-refractivity contribution < 1.29 is 26.4 Å². The molecule has 0 aliphatic heterocycles. The Balaban J connectivity index is 0. The molecule has 44 valence electrons. The fourth-order valence-electron chi connectivity index (χ4n) is 0. The van der Waals surface area contributed by atoms with Gasteiger partial charge in [-0.15, -0.1) is 0 Å². The van der Waals surface area contributed by atoms with Crippen LogP contribution in [0, 0.1) is 0 Å². The van der Waals surface area contributed by atoms with Gasteiger partial charge in [0.15, 0.2) is 0 Å². The molecular formula is H7BaF5. The van der Waals surface area contributed by atoms with Crippen LogP contribution in [0.4, 0.5) is 23.5 Å². The first-order valence-electron chi connectivity index (χ1n) is 0. The third-order valence-corrected chi connectivity index (χ3v) is 0. The van der Waals surface area contributed by atoms with Gasteiger partial charge in [0.2, 0.25) is 0 Å². The minimum atomic E-state index is 0. The van der Waals surface area contributed by atoms with Crippen LogP contribution in [0.3, 0.4) is 0 Å². The Labute approximate surface area is 74.6 Å². The average Bonchev–Trinajstić information content (AvgIpc) is 0. The van der Waals surface area contributed by atoms with Crippen LogP contribution in [0.25, 0.3) is 0 Å². The van der Waals surface area contributed by atoms with Gasteiger partial charge in [-0.2, -0.15) is 0 Å². The van der Waals surface area contributed by atoms with Crippen molar-refractivity contribution in [3.05, 3.63) is 0 Å². The first-order valence-corrected chi connectivity index (χ1v) is 0. The molecule has 0 atom stereocenters. The van der Waals surface area contributed by atoms with E-state index in [1.807, 2.05) is 0 Å². The van der Waals surface area contributed by atoms with E-state index in [4.69, 9.17) is 0 Å². The van der Waals surface area contributed by atoms with Crippen molar-refractivity contribution >= 4 is 48.9 Å². The van der Waals surface area contributed by atoms with Gasteiger partial charge in [-0.3, -0.25) is 23.5 Å². The van der Waals surface area contributed by atoms with Crippen LogP contribution in [0.1, 0.15) is 2.85 Å². The fourth-order valence-corrected chi connectivity index (χ4v) is 0. The maximum atomic E-state index is 0. The Hall–Kier alpha value is 1.22. The van der Waals surface area contributed by atoms with Crippen molar-refractivity contribution in [3.63, 3.8) is 0 Å². The molecule has 0 aliphatic rings. The topological polar surface area (TPSA) is 0 Å². The molecule has 0 aromatic heterocycles. The van der Waals surface area contributed by atoms with E-state index in [1.165, 1.54) is 0 Å².